The first-order chi connectivity index (χ1) is 13.8. The van der Waals surface area contributed by atoms with Crippen molar-refractivity contribution in [2.75, 3.05) is 0 Å². The van der Waals surface area contributed by atoms with Gasteiger partial charge in [0.25, 0.3) is 0 Å². The van der Waals surface area contributed by atoms with Crippen molar-refractivity contribution in [2.45, 2.75) is 19.3 Å². The Bertz CT molecular complexity index is 872. The van der Waals surface area contributed by atoms with Crippen LogP contribution in [0.3, 0.4) is 0 Å². The number of benzene rings is 2. The summed E-state index contributed by atoms with van der Waals surface area (Å²) in [6, 6.07) is 9.69. The van der Waals surface area contributed by atoms with Crippen LogP contribution >= 0.6 is 31.9 Å². The Morgan fingerprint density at radius 2 is 1.24 bits per heavy atom. The van der Waals surface area contributed by atoms with E-state index < -0.39 is 0 Å². The predicted octanol–water partition coefficient (Wildman–Crippen LogP) is 3.39. The third-order valence-corrected chi connectivity index (χ3v) is 4.56. The molecule has 2 rings (SSSR count). The SMILES string of the molecule is O=C(CCCC(=O)N/N=C\c1cc(Br)ccc1O)N/N=C\c1cc(Br)ccc1O. The van der Waals surface area contributed by atoms with E-state index in [0.29, 0.717) is 17.5 Å². The summed E-state index contributed by atoms with van der Waals surface area (Å²) in [6.07, 6.45) is 3.18. The van der Waals surface area contributed by atoms with E-state index in [-0.39, 0.29) is 36.2 Å². The fourth-order valence-corrected chi connectivity index (χ4v) is 2.88. The molecule has 152 valence electrons. The number of hydrogen-bond acceptors (Lipinski definition) is 6. The van der Waals surface area contributed by atoms with Crippen molar-refractivity contribution in [1.82, 2.24) is 10.9 Å². The zero-order valence-electron chi connectivity index (χ0n) is 15.1. The molecule has 0 bridgehead atoms. The molecule has 0 aliphatic carbocycles. The minimum Gasteiger partial charge on any atom is -0.507 e. The van der Waals surface area contributed by atoms with Gasteiger partial charge in [0, 0.05) is 32.9 Å². The molecular formula is C19H18Br2N4O4. The smallest absolute Gasteiger partial charge is 0.240 e. The van der Waals surface area contributed by atoms with Gasteiger partial charge in [0.15, 0.2) is 0 Å². The highest BCUT2D eigenvalue weighted by molar-refractivity contribution is 9.10. The van der Waals surface area contributed by atoms with Crippen LogP contribution in [-0.4, -0.2) is 34.5 Å². The van der Waals surface area contributed by atoms with E-state index in [1.54, 1.807) is 24.3 Å². The third kappa shape index (κ3) is 8.04. The second kappa shape index (κ2) is 11.3. The first kappa shape index (κ1) is 22.6. The van der Waals surface area contributed by atoms with E-state index in [1.807, 2.05) is 0 Å². The molecule has 0 aromatic heterocycles. The summed E-state index contributed by atoms with van der Waals surface area (Å²) in [5, 5.41) is 26.9. The predicted molar refractivity (Wildman–Crippen MR) is 117 cm³/mol. The molecule has 0 aliphatic rings. The van der Waals surface area contributed by atoms with Crippen LogP contribution in [0, 0.1) is 0 Å². The summed E-state index contributed by atoms with van der Waals surface area (Å²) >= 11 is 6.56. The van der Waals surface area contributed by atoms with Crippen LogP contribution in [0.25, 0.3) is 0 Å². The highest BCUT2D eigenvalue weighted by atomic mass is 79.9. The summed E-state index contributed by atoms with van der Waals surface area (Å²) < 4.78 is 1.54. The Balaban J connectivity index is 1.69. The number of hydrogen-bond donors (Lipinski definition) is 4. The highest BCUT2D eigenvalue weighted by Gasteiger charge is 2.05. The van der Waals surface area contributed by atoms with Gasteiger partial charge in [0.2, 0.25) is 11.8 Å². The average Bonchev–Trinajstić information content (AvgIpc) is 2.67. The topological polar surface area (TPSA) is 123 Å². The van der Waals surface area contributed by atoms with Crippen molar-refractivity contribution >= 4 is 56.1 Å². The molecule has 2 aromatic carbocycles. The molecule has 0 unspecified atom stereocenters. The maximum atomic E-state index is 11.7. The molecule has 0 saturated carbocycles. The van der Waals surface area contributed by atoms with E-state index in [2.05, 4.69) is 52.9 Å². The third-order valence-electron chi connectivity index (χ3n) is 3.57. The van der Waals surface area contributed by atoms with Crippen molar-refractivity contribution in [2.24, 2.45) is 10.2 Å². The summed E-state index contributed by atoms with van der Waals surface area (Å²) in [5.41, 5.74) is 5.58. The van der Waals surface area contributed by atoms with Crippen LogP contribution in [0.1, 0.15) is 30.4 Å². The standard InChI is InChI=1S/C19H18Br2N4O4/c20-14-4-6-16(26)12(8-14)10-22-24-18(28)2-1-3-19(29)25-23-11-13-9-15(21)5-7-17(13)27/h4-11,26-27H,1-3H2,(H,24,28)(H,25,29)/b22-10-,23-11-. The molecule has 8 nitrogen and oxygen atoms in total. The molecule has 0 saturated heterocycles. The maximum absolute atomic E-state index is 11.7. The monoisotopic (exact) mass is 524 g/mol. The zero-order valence-corrected chi connectivity index (χ0v) is 18.3. The number of rotatable bonds is 8. The molecule has 0 heterocycles. The lowest BCUT2D eigenvalue weighted by atomic mass is 10.2. The fraction of sp³-hybridized carbons (Fsp3) is 0.158. The molecule has 0 spiro atoms. The Labute approximate surface area is 184 Å². The molecule has 2 aromatic rings. The number of aromatic hydroxyl groups is 2. The minimum atomic E-state index is -0.355. The molecule has 10 heteroatoms. The number of phenolic OH excluding ortho intramolecular Hbond substituents is 2. The second-order valence-electron chi connectivity index (χ2n) is 5.85. The molecule has 0 atom stereocenters. The Kier molecular flexibility index (Phi) is 8.81. The first-order valence-corrected chi connectivity index (χ1v) is 10.0. The van der Waals surface area contributed by atoms with Crippen LogP contribution in [0.2, 0.25) is 0 Å². The second-order valence-corrected chi connectivity index (χ2v) is 7.68. The minimum absolute atomic E-state index is 0.0413. The van der Waals surface area contributed by atoms with Crippen molar-refractivity contribution in [1.29, 1.82) is 0 Å². The number of halogens is 2. The van der Waals surface area contributed by atoms with Crippen molar-refractivity contribution < 1.29 is 19.8 Å². The lowest BCUT2D eigenvalue weighted by molar-refractivity contribution is -0.122. The Morgan fingerprint density at radius 3 is 1.66 bits per heavy atom. The van der Waals surface area contributed by atoms with Gasteiger partial charge in [-0.1, -0.05) is 31.9 Å². The summed E-state index contributed by atoms with van der Waals surface area (Å²) in [4.78, 5) is 23.5. The normalized spacial score (nSPS) is 11.1. The number of phenols is 2. The van der Waals surface area contributed by atoms with E-state index in [4.69, 9.17) is 0 Å². The largest absolute Gasteiger partial charge is 0.507 e. The first-order valence-electron chi connectivity index (χ1n) is 8.46. The Morgan fingerprint density at radius 1 is 0.828 bits per heavy atom. The van der Waals surface area contributed by atoms with Crippen LogP contribution in [0.4, 0.5) is 0 Å². The van der Waals surface area contributed by atoms with Crippen molar-refractivity contribution in [3.63, 3.8) is 0 Å². The van der Waals surface area contributed by atoms with E-state index >= 15 is 0 Å². The summed E-state index contributed by atoms with van der Waals surface area (Å²) in [5.74, 6) is -0.628. The van der Waals surface area contributed by atoms with Crippen LogP contribution in [-0.2, 0) is 9.59 Å². The van der Waals surface area contributed by atoms with E-state index in [9.17, 15) is 19.8 Å². The van der Waals surface area contributed by atoms with Gasteiger partial charge in [-0.2, -0.15) is 10.2 Å². The zero-order chi connectivity index (χ0) is 21.2. The number of nitrogens with one attached hydrogen (secondary N) is 2. The quantitative estimate of drug-likeness (QED) is 0.311. The molecule has 0 aliphatic heterocycles. The molecule has 0 radical (unpaired) electrons. The van der Waals surface area contributed by atoms with E-state index in [1.165, 1.54) is 24.6 Å². The van der Waals surface area contributed by atoms with Crippen LogP contribution in [0.15, 0.2) is 55.5 Å². The highest BCUT2D eigenvalue weighted by Crippen LogP contribution is 2.20. The average molecular weight is 526 g/mol. The van der Waals surface area contributed by atoms with Gasteiger partial charge in [-0.25, -0.2) is 10.9 Å². The van der Waals surface area contributed by atoms with Gasteiger partial charge >= 0.3 is 0 Å². The molecule has 2 amide bonds. The van der Waals surface area contributed by atoms with Gasteiger partial charge in [-0.05, 0) is 42.8 Å². The number of carbonyl (C=O) groups is 2. The van der Waals surface area contributed by atoms with Gasteiger partial charge in [-0.15, -0.1) is 0 Å². The molecule has 0 fully saturated rings. The number of hydrazone groups is 2. The van der Waals surface area contributed by atoms with Gasteiger partial charge in [-0.3, -0.25) is 9.59 Å². The Hall–Kier alpha value is -2.72. The molecule has 29 heavy (non-hydrogen) atoms. The number of amides is 2. The van der Waals surface area contributed by atoms with E-state index in [0.717, 1.165) is 8.95 Å². The molecule has 4 N–H and O–H groups in total. The fourth-order valence-electron chi connectivity index (χ4n) is 2.13. The summed E-state index contributed by atoms with van der Waals surface area (Å²) in [7, 11) is 0. The van der Waals surface area contributed by atoms with Crippen LogP contribution in [0.5, 0.6) is 11.5 Å². The van der Waals surface area contributed by atoms with Crippen molar-refractivity contribution in [3.05, 3.63) is 56.5 Å². The number of nitrogens with zero attached hydrogens (tertiary/aromatic N) is 2. The number of carbonyl (C=O) groups excluding carboxylic acids is 2. The lowest BCUT2D eigenvalue weighted by Crippen LogP contribution is -2.20. The van der Waals surface area contributed by atoms with Crippen LogP contribution < -0.4 is 10.9 Å². The van der Waals surface area contributed by atoms with Gasteiger partial charge < -0.3 is 10.2 Å². The van der Waals surface area contributed by atoms with Crippen molar-refractivity contribution in [3.8, 4) is 11.5 Å². The maximum Gasteiger partial charge on any atom is 0.240 e. The lowest BCUT2D eigenvalue weighted by Gasteiger charge is -2.02. The summed E-state index contributed by atoms with van der Waals surface area (Å²) in [6.45, 7) is 0. The van der Waals surface area contributed by atoms with Gasteiger partial charge in [0.1, 0.15) is 11.5 Å². The van der Waals surface area contributed by atoms with Gasteiger partial charge in [0.05, 0.1) is 12.4 Å². The molecular weight excluding hydrogens is 508 g/mol.